The van der Waals surface area contributed by atoms with Gasteiger partial charge in [0.15, 0.2) is 0 Å². The zero-order valence-electron chi connectivity index (χ0n) is 13.0. The summed E-state index contributed by atoms with van der Waals surface area (Å²) in [5.41, 5.74) is 6.98. The highest BCUT2D eigenvalue weighted by molar-refractivity contribution is 9.10. The number of amidine groups is 1. The molecule has 0 heterocycles. The molecule has 7 nitrogen and oxygen atoms in total. The Hall–Kier alpha value is -2.74. The molecule has 126 valence electrons. The minimum absolute atomic E-state index is 0.0864. The van der Waals surface area contributed by atoms with Crippen LogP contribution in [0.5, 0.6) is 0 Å². The minimum atomic E-state index is -0.367. The van der Waals surface area contributed by atoms with Gasteiger partial charge in [0, 0.05) is 35.8 Å². The highest BCUT2D eigenvalue weighted by atomic mass is 79.9. The van der Waals surface area contributed by atoms with Crippen molar-refractivity contribution in [2.24, 2.45) is 15.7 Å². The van der Waals surface area contributed by atoms with Gasteiger partial charge in [-0.05, 0) is 18.3 Å². The Balaban J connectivity index is 2.54. The minimum Gasteiger partial charge on any atom is -0.387 e. The molecule has 0 atom stereocenters. The molecule has 1 amide bonds. The van der Waals surface area contributed by atoms with Crippen LogP contribution in [0.4, 0.5) is 0 Å². The van der Waals surface area contributed by atoms with Crippen LogP contribution in [0.2, 0.25) is 0 Å². The van der Waals surface area contributed by atoms with E-state index < -0.39 is 0 Å². The first-order valence-electron chi connectivity index (χ1n) is 6.97. The molecule has 0 aromatic heterocycles. The molecule has 1 aromatic carbocycles. The van der Waals surface area contributed by atoms with Crippen LogP contribution < -0.4 is 16.4 Å². The molecule has 0 unspecified atom stereocenters. The zero-order chi connectivity index (χ0) is 17.8. The maximum absolute atomic E-state index is 11.8. The summed E-state index contributed by atoms with van der Waals surface area (Å²) in [7, 11) is 0. The van der Waals surface area contributed by atoms with E-state index in [9.17, 15) is 4.79 Å². The molecular formula is C16H19BrN6O. The van der Waals surface area contributed by atoms with Crippen LogP contribution in [0.1, 0.15) is 12.0 Å². The van der Waals surface area contributed by atoms with Crippen LogP contribution in [0.15, 0.2) is 63.0 Å². The number of nitrogens with one attached hydrogen (secondary N) is 3. The van der Waals surface area contributed by atoms with E-state index in [1.807, 2.05) is 24.3 Å². The Kier molecular flexibility index (Phi) is 8.77. The molecule has 0 spiro atoms. The Morgan fingerprint density at radius 1 is 1.38 bits per heavy atom. The average molecular weight is 391 g/mol. The van der Waals surface area contributed by atoms with Crippen LogP contribution in [0.3, 0.4) is 0 Å². The first-order chi connectivity index (χ1) is 11.6. The number of benzene rings is 1. The van der Waals surface area contributed by atoms with Crippen molar-refractivity contribution in [2.75, 3.05) is 0 Å². The number of allylic oxidation sites excluding steroid dienone is 1. The van der Waals surface area contributed by atoms with E-state index in [0.717, 1.165) is 16.3 Å². The molecule has 24 heavy (non-hydrogen) atoms. The summed E-state index contributed by atoms with van der Waals surface area (Å²) in [6.45, 7) is 3.81. The number of hydrogen-bond acceptors (Lipinski definition) is 5. The molecule has 0 aliphatic heterocycles. The van der Waals surface area contributed by atoms with Crippen molar-refractivity contribution in [1.29, 1.82) is 5.41 Å². The Morgan fingerprint density at radius 2 is 2.12 bits per heavy atom. The zero-order valence-corrected chi connectivity index (χ0v) is 14.6. The molecule has 0 aliphatic carbocycles. The van der Waals surface area contributed by atoms with Gasteiger partial charge in [-0.15, -0.1) is 0 Å². The molecule has 0 fully saturated rings. The summed E-state index contributed by atoms with van der Waals surface area (Å²) in [5, 5.41) is 13.0. The summed E-state index contributed by atoms with van der Waals surface area (Å²) >= 11 is 3.46. The lowest BCUT2D eigenvalue weighted by atomic mass is 10.2. The molecule has 0 saturated heterocycles. The van der Waals surface area contributed by atoms with E-state index in [0.29, 0.717) is 12.2 Å². The van der Waals surface area contributed by atoms with Crippen LogP contribution >= 0.6 is 15.9 Å². The van der Waals surface area contributed by atoms with Crippen molar-refractivity contribution in [3.8, 4) is 0 Å². The third-order valence-electron chi connectivity index (χ3n) is 2.70. The van der Waals surface area contributed by atoms with Gasteiger partial charge in [-0.25, -0.2) is 4.99 Å². The third kappa shape index (κ3) is 7.50. The van der Waals surface area contributed by atoms with Gasteiger partial charge in [0.05, 0.1) is 12.1 Å². The predicted molar refractivity (Wildman–Crippen MR) is 101 cm³/mol. The number of rotatable bonds is 9. The van der Waals surface area contributed by atoms with Crippen molar-refractivity contribution in [1.82, 2.24) is 10.6 Å². The fourth-order valence-corrected chi connectivity index (χ4v) is 2.04. The van der Waals surface area contributed by atoms with Gasteiger partial charge in [-0.2, -0.15) is 0 Å². The van der Waals surface area contributed by atoms with Crippen molar-refractivity contribution in [3.63, 3.8) is 0 Å². The van der Waals surface area contributed by atoms with Gasteiger partial charge >= 0.3 is 0 Å². The predicted octanol–water partition coefficient (Wildman–Crippen LogP) is 2.06. The Morgan fingerprint density at radius 3 is 2.79 bits per heavy atom. The van der Waals surface area contributed by atoms with E-state index in [1.54, 1.807) is 6.20 Å². The molecule has 0 saturated carbocycles. The number of halogens is 1. The van der Waals surface area contributed by atoms with Crippen molar-refractivity contribution in [3.05, 3.63) is 58.6 Å². The van der Waals surface area contributed by atoms with Crippen LogP contribution in [0, 0.1) is 5.41 Å². The molecule has 5 N–H and O–H groups in total. The van der Waals surface area contributed by atoms with Gasteiger partial charge in [-0.1, -0.05) is 34.1 Å². The lowest BCUT2D eigenvalue weighted by Gasteiger charge is -2.07. The second-order valence-electron chi connectivity index (χ2n) is 4.54. The van der Waals surface area contributed by atoms with Crippen molar-refractivity contribution < 1.29 is 4.79 Å². The number of nitrogens with zero attached hydrogens (tertiary/aromatic N) is 2. The first kappa shape index (κ1) is 19.3. The quantitative estimate of drug-likeness (QED) is 0.381. The maximum Gasteiger partial charge on any atom is 0.232 e. The van der Waals surface area contributed by atoms with Crippen LogP contribution in [-0.4, -0.2) is 24.7 Å². The Bertz CT molecular complexity index is 681. The summed E-state index contributed by atoms with van der Waals surface area (Å²) in [5.74, 6) is -0.230. The van der Waals surface area contributed by atoms with Gasteiger partial charge in [0.1, 0.15) is 5.84 Å². The Labute approximate surface area is 149 Å². The van der Waals surface area contributed by atoms with E-state index in [1.165, 1.54) is 12.4 Å². The number of amides is 1. The fraction of sp³-hybridized carbons (Fsp3) is 0.125. The number of carbonyl (C=O) groups excluding carboxylic acids is 1. The highest BCUT2D eigenvalue weighted by Crippen LogP contribution is 2.15. The second kappa shape index (κ2) is 10.9. The second-order valence-corrected chi connectivity index (χ2v) is 5.40. The topological polar surface area (TPSA) is 116 Å². The monoisotopic (exact) mass is 390 g/mol. The summed E-state index contributed by atoms with van der Waals surface area (Å²) < 4.78 is 0.984. The molecule has 0 aliphatic rings. The molecule has 1 rings (SSSR count). The van der Waals surface area contributed by atoms with Gasteiger partial charge < -0.3 is 21.8 Å². The fourth-order valence-electron chi connectivity index (χ4n) is 1.62. The van der Waals surface area contributed by atoms with Gasteiger partial charge in [0.25, 0.3) is 0 Å². The smallest absolute Gasteiger partial charge is 0.232 e. The lowest BCUT2D eigenvalue weighted by Crippen LogP contribution is -2.29. The van der Waals surface area contributed by atoms with E-state index >= 15 is 0 Å². The largest absolute Gasteiger partial charge is 0.387 e. The maximum atomic E-state index is 11.8. The van der Waals surface area contributed by atoms with Crippen LogP contribution in [-0.2, 0) is 11.3 Å². The summed E-state index contributed by atoms with van der Waals surface area (Å²) in [6, 6.07) is 7.77. The molecule has 1 aromatic rings. The highest BCUT2D eigenvalue weighted by Gasteiger charge is 2.05. The van der Waals surface area contributed by atoms with Crippen LogP contribution in [0.25, 0.3) is 0 Å². The SMILES string of the molecule is C=N/C=C\N=C(\N)CC(=O)N/C(C=N)=C/NCc1ccccc1Br. The average Bonchev–Trinajstić information content (AvgIpc) is 2.55. The molecule has 8 heteroatoms. The number of carbonyl (C=O) groups is 1. The van der Waals surface area contributed by atoms with Crippen molar-refractivity contribution in [2.45, 2.75) is 13.0 Å². The first-order valence-corrected chi connectivity index (χ1v) is 7.76. The molecule has 0 radical (unpaired) electrons. The van der Waals surface area contributed by atoms with Crippen molar-refractivity contribution >= 4 is 40.6 Å². The standard InChI is InChI=1S/C16H19BrN6O/c1-20-6-7-22-15(19)8-16(24)23-13(9-18)11-21-10-12-4-2-3-5-14(12)17/h2-7,9,11,18,21H,1,8,10H2,(H2,19,22)(H,23,24)/b7-6-,13-11+,18-9?. The number of nitrogens with two attached hydrogens (primary N) is 1. The van der Waals surface area contributed by atoms with Gasteiger partial charge in [0.2, 0.25) is 5.91 Å². The lowest BCUT2D eigenvalue weighted by molar-refractivity contribution is -0.119. The normalized spacial score (nSPS) is 12.0. The summed E-state index contributed by atoms with van der Waals surface area (Å²) in [4.78, 5) is 19.1. The van der Waals surface area contributed by atoms with E-state index in [2.05, 4.69) is 43.3 Å². The molecule has 0 bridgehead atoms. The third-order valence-corrected chi connectivity index (χ3v) is 3.47. The molecular weight excluding hydrogens is 372 g/mol. The van der Waals surface area contributed by atoms with Gasteiger partial charge in [-0.3, -0.25) is 9.79 Å². The van der Waals surface area contributed by atoms with E-state index in [-0.39, 0.29) is 18.2 Å². The summed E-state index contributed by atoms with van der Waals surface area (Å²) in [6.07, 6.45) is 5.22. The number of aliphatic imine (C=N–C) groups is 2. The van der Waals surface area contributed by atoms with E-state index in [4.69, 9.17) is 11.1 Å². The number of hydrogen-bond donors (Lipinski definition) is 4.